The van der Waals surface area contributed by atoms with Gasteiger partial charge in [-0.2, -0.15) is 0 Å². The predicted octanol–water partition coefficient (Wildman–Crippen LogP) is 1.63. The number of aliphatic carboxylic acids is 1. The highest BCUT2D eigenvalue weighted by atomic mass is 16.4. The average Bonchev–Trinajstić information content (AvgIpc) is 2.44. The molecule has 120 valence electrons. The molecule has 1 heterocycles. The maximum Gasteiger partial charge on any atom is 0.307 e. The molecule has 0 spiro atoms. The summed E-state index contributed by atoms with van der Waals surface area (Å²) in [4.78, 5) is 23.8. The van der Waals surface area contributed by atoms with Crippen LogP contribution in [0.4, 0.5) is 0 Å². The predicted molar refractivity (Wildman–Crippen MR) is 80.8 cm³/mol. The smallest absolute Gasteiger partial charge is 0.307 e. The molecule has 21 heavy (non-hydrogen) atoms. The zero-order chi connectivity index (χ0) is 15.6. The highest BCUT2D eigenvalue weighted by molar-refractivity contribution is 5.79. The van der Waals surface area contributed by atoms with Crippen LogP contribution in [0.5, 0.6) is 0 Å². The Kier molecular flexibility index (Phi) is 4.91. The quantitative estimate of drug-likeness (QED) is 0.739. The highest BCUT2D eigenvalue weighted by Gasteiger charge is 2.46. The molecule has 5 heteroatoms. The molecular formula is C16H28N2O3. The van der Waals surface area contributed by atoms with E-state index >= 15 is 0 Å². The van der Waals surface area contributed by atoms with Gasteiger partial charge in [0.1, 0.15) is 0 Å². The number of hydrogen-bond donors (Lipinski definition) is 3. The van der Waals surface area contributed by atoms with Crippen LogP contribution in [-0.2, 0) is 9.59 Å². The lowest BCUT2D eigenvalue weighted by Gasteiger charge is -2.46. The lowest BCUT2D eigenvalue weighted by atomic mass is 9.61. The van der Waals surface area contributed by atoms with Crippen molar-refractivity contribution in [3.8, 4) is 0 Å². The first kappa shape index (κ1) is 16.3. The maximum atomic E-state index is 12.4. The Morgan fingerprint density at radius 2 is 1.95 bits per heavy atom. The van der Waals surface area contributed by atoms with Gasteiger partial charge in [-0.05, 0) is 43.6 Å². The first-order valence-corrected chi connectivity index (χ1v) is 8.08. The SMILES string of the molecule is CC1C(NC(=O)C2CCCNC2)CCC(C(=O)O)C1(C)C. The molecule has 0 bridgehead atoms. The molecule has 0 radical (unpaired) electrons. The Labute approximate surface area is 126 Å². The second-order valence-corrected chi connectivity index (χ2v) is 7.24. The van der Waals surface area contributed by atoms with E-state index in [4.69, 9.17) is 0 Å². The number of amides is 1. The van der Waals surface area contributed by atoms with Gasteiger partial charge in [-0.25, -0.2) is 0 Å². The van der Waals surface area contributed by atoms with Crippen LogP contribution >= 0.6 is 0 Å². The van der Waals surface area contributed by atoms with Crippen molar-refractivity contribution in [3.63, 3.8) is 0 Å². The Hall–Kier alpha value is -1.10. The van der Waals surface area contributed by atoms with Crippen molar-refractivity contribution >= 4 is 11.9 Å². The van der Waals surface area contributed by atoms with Crippen molar-refractivity contribution in [1.29, 1.82) is 0 Å². The third-order valence-corrected chi connectivity index (χ3v) is 5.73. The van der Waals surface area contributed by atoms with Crippen LogP contribution in [0.1, 0.15) is 46.5 Å². The van der Waals surface area contributed by atoms with Gasteiger partial charge in [0.2, 0.25) is 5.91 Å². The molecule has 2 fully saturated rings. The van der Waals surface area contributed by atoms with Crippen molar-refractivity contribution in [2.24, 2.45) is 23.2 Å². The minimum atomic E-state index is -0.715. The van der Waals surface area contributed by atoms with Gasteiger partial charge in [-0.1, -0.05) is 20.8 Å². The summed E-state index contributed by atoms with van der Waals surface area (Å²) < 4.78 is 0. The summed E-state index contributed by atoms with van der Waals surface area (Å²) >= 11 is 0. The molecule has 1 saturated carbocycles. The summed E-state index contributed by atoms with van der Waals surface area (Å²) in [6.07, 6.45) is 3.39. The fraction of sp³-hybridized carbons (Fsp3) is 0.875. The van der Waals surface area contributed by atoms with E-state index in [1.54, 1.807) is 0 Å². The fourth-order valence-electron chi connectivity index (χ4n) is 3.82. The molecule has 1 aliphatic heterocycles. The topological polar surface area (TPSA) is 78.4 Å². The molecular weight excluding hydrogens is 268 g/mol. The third-order valence-electron chi connectivity index (χ3n) is 5.73. The van der Waals surface area contributed by atoms with Gasteiger partial charge in [-0.15, -0.1) is 0 Å². The molecule has 2 aliphatic rings. The zero-order valence-electron chi connectivity index (χ0n) is 13.3. The molecule has 2 rings (SSSR count). The Morgan fingerprint density at radius 1 is 1.24 bits per heavy atom. The molecule has 4 unspecified atom stereocenters. The molecule has 1 amide bonds. The second kappa shape index (κ2) is 6.34. The van der Waals surface area contributed by atoms with Gasteiger partial charge in [0.05, 0.1) is 11.8 Å². The van der Waals surface area contributed by atoms with Crippen LogP contribution in [-0.4, -0.2) is 36.1 Å². The van der Waals surface area contributed by atoms with E-state index in [1.807, 2.05) is 13.8 Å². The number of carboxylic acid groups (broad SMARTS) is 1. The van der Waals surface area contributed by atoms with Crippen LogP contribution in [0, 0.1) is 23.2 Å². The van der Waals surface area contributed by atoms with Gasteiger partial charge in [0, 0.05) is 12.6 Å². The van der Waals surface area contributed by atoms with E-state index in [1.165, 1.54) is 0 Å². The summed E-state index contributed by atoms with van der Waals surface area (Å²) in [5, 5.41) is 15.8. The van der Waals surface area contributed by atoms with E-state index in [-0.39, 0.29) is 35.1 Å². The standard InChI is InChI=1S/C16H28N2O3/c1-10-13(7-6-12(15(20)21)16(10,2)3)18-14(19)11-5-4-8-17-9-11/h10-13,17H,4-9H2,1-3H3,(H,18,19)(H,20,21). The number of piperidine rings is 1. The average molecular weight is 296 g/mol. The van der Waals surface area contributed by atoms with E-state index in [2.05, 4.69) is 17.6 Å². The molecule has 0 aromatic carbocycles. The summed E-state index contributed by atoms with van der Waals surface area (Å²) in [7, 11) is 0. The summed E-state index contributed by atoms with van der Waals surface area (Å²) in [5.74, 6) is -0.687. The summed E-state index contributed by atoms with van der Waals surface area (Å²) in [6.45, 7) is 7.85. The van der Waals surface area contributed by atoms with Gasteiger partial charge in [-0.3, -0.25) is 9.59 Å². The molecule has 0 aromatic rings. The van der Waals surface area contributed by atoms with Crippen LogP contribution < -0.4 is 10.6 Å². The third kappa shape index (κ3) is 3.39. The molecule has 0 aromatic heterocycles. The number of carbonyl (C=O) groups is 2. The Balaban J connectivity index is 1.98. The summed E-state index contributed by atoms with van der Waals surface area (Å²) in [5.41, 5.74) is -0.299. The number of hydrogen-bond acceptors (Lipinski definition) is 3. The summed E-state index contributed by atoms with van der Waals surface area (Å²) in [6, 6.07) is 0.0880. The minimum absolute atomic E-state index is 0.0614. The number of nitrogens with one attached hydrogen (secondary N) is 2. The zero-order valence-corrected chi connectivity index (χ0v) is 13.3. The van der Waals surface area contributed by atoms with E-state index in [0.29, 0.717) is 6.42 Å². The van der Waals surface area contributed by atoms with Crippen molar-refractivity contribution in [2.45, 2.75) is 52.5 Å². The first-order valence-electron chi connectivity index (χ1n) is 8.08. The van der Waals surface area contributed by atoms with E-state index in [0.717, 1.165) is 32.4 Å². The molecule has 4 atom stereocenters. The van der Waals surface area contributed by atoms with Gasteiger partial charge in [0.15, 0.2) is 0 Å². The van der Waals surface area contributed by atoms with Gasteiger partial charge >= 0.3 is 5.97 Å². The largest absolute Gasteiger partial charge is 0.481 e. The first-order chi connectivity index (χ1) is 9.84. The van der Waals surface area contributed by atoms with E-state index in [9.17, 15) is 14.7 Å². The van der Waals surface area contributed by atoms with Crippen molar-refractivity contribution in [2.75, 3.05) is 13.1 Å². The molecule has 1 saturated heterocycles. The molecule has 5 nitrogen and oxygen atoms in total. The van der Waals surface area contributed by atoms with Gasteiger partial charge in [0.25, 0.3) is 0 Å². The van der Waals surface area contributed by atoms with E-state index < -0.39 is 5.97 Å². The highest BCUT2D eigenvalue weighted by Crippen LogP contribution is 2.45. The molecule has 3 N–H and O–H groups in total. The molecule has 1 aliphatic carbocycles. The lowest BCUT2D eigenvalue weighted by Crippen LogP contribution is -2.54. The fourth-order valence-corrected chi connectivity index (χ4v) is 3.82. The Morgan fingerprint density at radius 3 is 2.52 bits per heavy atom. The van der Waals surface area contributed by atoms with Crippen LogP contribution in [0.25, 0.3) is 0 Å². The lowest BCUT2D eigenvalue weighted by molar-refractivity contribution is -0.150. The Bertz CT molecular complexity index is 402. The van der Waals surface area contributed by atoms with Crippen LogP contribution in [0.3, 0.4) is 0 Å². The van der Waals surface area contributed by atoms with Crippen molar-refractivity contribution in [3.05, 3.63) is 0 Å². The second-order valence-electron chi connectivity index (χ2n) is 7.24. The van der Waals surface area contributed by atoms with Gasteiger partial charge < -0.3 is 15.7 Å². The normalized spacial score (nSPS) is 36.0. The van der Waals surface area contributed by atoms with Crippen LogP contribution in [0.2, 0.25) is 0 Å². The maximum absolute atomic E-state index is 12.4. The monoisotopic (exact) mass is 296 g/mol. The number of carboxylic acids is 1. The van der Waals surface area contributed by atoms with Crippen molar-refractivity contribution < 1.29 is 14.7 Å². The number of rotatable bonds is 3. The van der Waals surface area contributed by atoms with Crippen LogP contribution in [0.15, 0.2) is 0 Å². The number of carbonyl (C=O) groups excluding carboxylic acids is 1. The van der Waals surface area contributed by atoms with Crippen molar-refractivity contribution in [1.82, 2.24) is 10.6 Å². The minimum Gasteiger partial charge on any atom is -0.481 e.